The highest BCUT2D eigenvalue weighted by atomic mass is 16.5. The lowest BCUT2D eigenvalue weighted by molar-refractivity contribution is -0.0961. The van der Waals surface area contributed by atoms with Crippen LogP contribution in [0.25, 0.3) is 11.1 Å². The van der Waals surface area contributed by atoms with Crippen LogP contribution in [-0.4, -0.2) is 82.8 Å². The Bertz CT molecular complexity index is 1960. The van der Waals surface area contributed by atoms with Crippen LogP contribution in [0.2, 0.25) is 0 Å². The van der Waals surface area contributed by atoms with Crippen LogP contribution < -0.4 is 0 Å². The van der Waals surface area contributed by atoms with E-state index in [1.807, 2.05) is 91.0 Å². The van der Waals surface area contributed by atoms with E-state index in [1.165, 1.54) is 5.57 Å². The van der Waals surface area contributed by atoms with Crippen molar-refractivity contribution >= 4 is 5.78 Å². The van der Waals surface area contributed by atoms with Crippen molar-refractivity contribution in [2.45, 2.75) is 108 Å². The highest BCUT2D eigenvalue weighted by molar-refractivity contribution is 6.13. The van der Waals surface area contributed by atoms with Crippen LogP contribution in [-0.2, 0) is 22.5 Å². The fourth-order valence-corrected chi connectivity index (χ4v) is 9.78. The molecule has 1 saturated carbocycles. The monoisotopic (exact) mass is 771 g/mol. The first-order valence-electron chi connectivity index (χ1n) is 21.1. The van der Waals surface area contributed by atoms with Crippen LogP contribution >= 0.6 is 0 Å². The maximum absolute atomic E-state index is 15.0. The SMILES string of the molecule is CC1=CCCC2(C)C(CCC2(O)CN(CC(O)COCc2ccccc2)CC2CCCO2)c2ccc(cc2C(=O)c2ccccc2-c2ccccc2)CC(O)CC1. The summed E-state index contributed by atoms with van der Waals surface area (Å²) in [6, 6.07) is 34.1. The standard InChI is InChI=1S/C50H61NO6/c1-36-13-11-26-49(2)47(25-27-50(49,55)35-51(32-42-18-12-28-57-42)31-41(53)34-56-33-37-14-5-3-6-15-37)44-24-22-38(29-40(52)23-21-36)30-46(44)48(54)45-20-10-9-19-43(45)39-16-7-4-8-17-39/h3-10,13-17,19-20,22,24,30,40-42,47,52-53,55H,11-12,18,21,23,25-29,31-35H2,1-2H3. The van der Waals surface area contributed by atoms with Gasteiger partial charge in [-0.25, -0.2) is 0 Å². The van der Waals surface area contributed by atoms with Gasteiger partial charge in [0.05, 0.1) is 37.1 Å². The molecule has 0 spiro atoms. The molecule has 7 heteroatoms. The second-order valence-corrected chi connectivity index (χ2v) is 17.2. The van der Waals surface area contributed by atoms with Gasteiger partial charge >= 0.3 is 0 Å². The van der Waals surface area contributed by atoms with Crippen molar-refractivity contribution in [1.29, 1.82) is 0 Å². The summed E-state index contributed by atoms with van der Waals surface area (Å²) in [5.41, 5.74) is 5.64. The van der Waals surface area contributed by atoms with Gasteiger partial charge in [-0.3, -0.25) is 9.69 Å². The molecular formula is C50H61NO6. The number of allylic oxidation sites excluding steroid dienone is 2. The maximum atomic E-state index is 15.0. The molecule has 57 heavy (non-hydrogen) atoms. The zero-order valence-electron chi connectivity index (χ0n) is 33.8. The van der Waals surface area contributed by atoms with E-state index < -0.39 is 23.2 Å². The number of carbonyl (C=O) groups is 1. The Morgan fingerprint density at radius 2 is 1.68 bits per heavy atom. The molecular weight excluding hydrogens is 711 g/mol. The van der Waals surface area contributed by atoms with E-state index >= 15 is 4.79 Å². The molecule has 302 valence electrons. The van der Waals surface area contributed by atoms with Gasteiger partial charge in [0.15, 0.2) is 5.78 Å². The van der Waals surface area contributed by atoms with E-state index in [9.17, 15) is 15.3 Å². The van der Waals surface area contributed by atoms with Gasteiger partial charge in [-0.05, 0) is 105 Å². The first-order valence-corrected chi connectivity index (χ1v) is 21.1. The van der Waals surface area contributed by atoms with Crippen molar-refractivity contribution in [3.05, 3.63) is 143 Å². The number of benzene rings is 4. The van der Waals surface area contributed by atoms with E-state index in [2.05, 4.69) is 37.0 Å². The van der Waals surface area contributed by atoms with E-state index in [4.69, 9.17) is 9.47 Å². The Morgan fingerprint density at radius 3 is 2.46 bits per heavy atom. The van der Waals surface area contributed by atoms with Gasteiger partial charge in [-0.15, -0.1) is 0 Å². The smallest absolute Gasteiger partial charge is 0.193 e. The lowest BCUT2D eigenvalue weighted by Crippen LogP contribution is -2.55. The number of ketones is 1. The van der Waals surface area contributed by atoms with Gasteiger partial charge < -0.3 is 24.8 Å². The highest BCUT2D eigenvalue weighted by Crippen LogP contribution is 2.59. The van der Waals surface area contributed by atoms with Crippen molar-refractivity contribution in [2.75, 3.05) is 32.8 Å². The van der Waals surface area contributed by atoms with Gasteiger partial charge in [0, 0.05) is 42.8 Å². The zero-order chi connectivity index (χ0) is 39.8. The Hall–Kier alpha value is -3.95. The highest BCUT2D eigenvalue weighted by Gasteiger charge is 2.57. The lowest BCUT2D eigenvalue weighted by Gasteiger charge is -2.46. The van der Waals surface area contributed by atoms with Crippen molar-refractivity contribution in [1.82, 2.24) is 4.90 Å². The fraction of sp³-hybridized carbons (Fsp3) is 0.460. The molecule has 1 saturated heterocycles. The summed E-state index contributed by atoms with van der Waals surface area (Å²) in [6.07, 6.45) is 7.71. The fourth-order valence-electron chi connectivity index (χ4n) is 9.78. The predicted molar refractivity (Wildman–Crippen MR) is 226 cm³/mol. The van der Waals surface area contributed by atoms with Gasteiger partial charge in [-0.1, -0.05) is 116 Å². The molecule has 1 aliphatic heterocycles. The number of hydrogen-bond donors (Lipinski definition) is 3. The van der Waals surface area contributed by atoms with Gasteiger partial charge in [0.2, 0.25) is 0 Å². The summed E-state index contributed by atoms with van der Waals surface area (Å²) in [6.45, 7) is 7.07. The molecule has 4 aromatic rings. The number of aliphatic hydroxyl groups excluding tert-OH is 2. The number of nitrogens with zero attached hydrogens (tertiary/aromatic N) is 1. The Labute approximate surface area is 339 Å². The van der Waals surface area contributed by atoms with Crippen molar-refractivity contribution in [3.63, 3.8) is 0 Å². The third-order valence-corrected chi connectivity index (χ3v) is 13.0. The second kappa shape index (κ2) is 18.8. The number of hydrogen-bond acceptors (Lipinski definition) is 7. The van der Waals surface area contributed by atoms with Gasteiger partial charge in [-0.2, -0.15) is 0 Å². The Morgan fingerprint density at radius 1 is 0.930 bits per heavy atom. The van der Waals surface area contributed by atoms with E-state index in [1.54, 1.807) is 0 Å². The number of rotatable bonds is 13. The number of carbonyl (C=O) groups excluding carboxylic acids is 1. The Balaban J connectivity index is 1.23. The van der Waals surface area contributed by atoms with Crippen LogP contribution in [0.3, 0.4) is 0 Å². The summed E-state index contributed by atoms with van der Waals surface area (Å²) in [5, 5.41) is 35.7. The van der Waals surface area contributed by atoms with Gasteiger partial charge in [0.25, 0.3) is 0 Å². The van der Waals surface area contributed by atoms with Crippen LogP contribution in [0, 0.1) is 5.41 Å². The number of aliphatic hydroxyl groups is 3. The van der Waals surface area contributed by atoms with E-state index in [-0.39, 0.29) is 24.4 Å². The molecule has 4 aliphatic rings. The predicted octanol–water partition coefficient (Wildman–Crippen LogP) is 8.68. The topological polar surface area (TPSA) is 99.5 Å². The second-order valence-electron chi connectivity index (χ2n) is 17.2. The summed E-state index contributed by atoms with van der Waals surface area (Å²) < 4.78 is 12.1. The number of ether oxygens (including phenoxy) is 2. The van der Waals surface area contributed by atoms with Crippen LogP contribution in [0.4, 0.5) is 0 Å². The first-order chi connectivity index (χ1) is 27.6. The van der Waals surface area contributed by atoms with Crippen molar-refractivity contribution < 1.29 is 29.6 Å². The molecule has 8 rings (SSSR count). The van der Waals surface area contributed by atoms with E-state index in [0.29, 0.717) is 56.6 Å². The summed E-state index contributed by atoms with van der Waals surface area (Å²) in [5.74, 6) is -0.148. The molecule has 3 aliphatic carbocycles. The summed E-state index contributed by atoms with van der Waals surface area (Å²) in [7, 11) is 0. The third-order valence-electron chi connectivity index (χ3n) is 13.0. The molecule has 6 unspecified atom stereocenters. The molecule has 3 N–H and O–H groups in total. The maximum Gasteiger partial charge on any atom is 0.193 e. The molecule has 2 bridgehead atoms. The van der Waals surface area contributed by atoms with Crippen molar-refractivity contribution in [2.24, 2.45) is 5.41 Å². The molecule has 1 heterocycles. The summed E-state index contributed by atoms with van der Waals surface area (Å²) >= 11 is 0. The summed E-state index contributed by atoms with van der Waals surface area (Å²) in [4.78, 5) is 17.2. The zero-order valence-corrected chi connectivity index (χ0v) is 33.8. The molecule has 7 nitrogen and oxygen atoms in total. The molecule has 0 amide bonds. The van der Waals surface area contributed by atoms with Crippen LogP contribution in [0.1, 0.15) is 104 Å². The minimum Gasteiger partial charge on any atom is -0.393 e. The van der Waals surface area contributed by atoms with Gasteiger partial charge in [0.1, 0.15) is 0 Å². The van der Waals surface area contributed by atoms with Crippen LogP contribution in [0.15, 0.2) is 115 Å². The normalized spacial score (nSPS) is 25.9. The molecule has 2 fully saturated rings. The van der Waals surface area contributed by atoms with E-state index in [0.717, 1.165) is 72.9 Å². The third kappa shape index (κ3) is 9.85. The quantitative estimate of drug-likeness (QED) is 0.0925. The molecule has 4 aromatic carbocycles. The minimum absolute atomic E-state index is 0.0416. The largest absolute Gasteiger partial charge is 0.393 e. The lowest BCUT2D eigenvalue weighted by atomic mass is 9.64. The molecule has 0 aromatic heterocycles. The first kappa shape index (κ1) is 41.2. The molecule has 6 atom stereocenters. The molecule has 0 radical (unpaired) electrons. The average molecular weight is 772 g/mol. The number of fused-ring (bicyclic) bond motifs is 8. The minimum atomic E-state index is -1.11. The average Bonchev–Trinajstić information content (AvgIpc) is 3.82. The van der Waals surface area contributed by atoms with Crippen LogP contribution in [0.5, 0.6) is 0 Å². The Kier molecular flexibility index (Phi) is 13.6. The van der Waals surface area contributed by atoms with Crippen molar-refractivity contribution in [3.8, 4) is 11.1 Å².